The van der Waals surface area contributed by atoms with Crippen LogP contribution in [-0.4, -0.2) is 55.9 Å². The number of aliphatic hydroxyl groups is 1. The molecule has 0 radical (unpaired) electrons. The zero-order valence-electron chi connectivity index (χ0n) is 12.5. The van der Waals surface area contributed by atoms with Crippen LogP contribution in [0.25, 0.3) is 0 Å². The third-order valence-corrected chi connectivity index (χ3v) is 3.46. The predicted octanol–water partition coefficient (Wildman–Crippen LogP) is 1.10. The summed E-state index contributed by atoms with van der Waals surface area (Å²) in [6.07, 6.45) is 2.20. The molecule has 0 aliphatic heterocycles. The molecule has 2 N–H and O–H groups in total. The SMILES string of the molecule is COc1ccc(NC(=O)CN(CCO)C2CC2)cc1OC. The van der Waals surface area contributed by atoms with Gasteiger partial charge < -0.3 is 19.9 Å². The molecule has 1 fully saturated rings. The van der Waals surface area contributed by atoms with E-state index in [0.717, 1.165) is 12.8 Å². The van der Waals surface area contributed by atoms with Gasteiger partial charge in [-0.15, -0.1) is 0 Å². The van der Waals surface area contributed by atoms with Gasteiger partial charge >= 0.3 is 0 Å². The van der Waals surface area contributed by atoms with Gasteiger partial charge in [0.15, 0.2) is 11.5 Å². The average molecular weight is 294 g/mol. The fourth-order valence-electron chi connectivity index (χ4n) is 2.26. The summed E-state index contributed by atoms with van der Waals surface area (Å²) in [7, 11) is 3.12. The van der Waals surface area contributed by atoms with Crippen LogP contribution in [0.4, 0.5) is 5.69 Å². The molecule has 1 aromatic carbocycles. The van der Waals surface area contributed by atoms with Gasteiger partial charge in [0.1, 0.15) is 0 Å². The van der Waals surface area contributed by atoms with Gasteiger partial charge in [-0.1, -0.05) is 0 Å². The molecule has 0 atom stereocenters. The lowest BCUT2D eigenvalue weighted by molar-refractivity contribution is -0.117. The van der Waals surface area contributed by atoms with Crippen LogP contribution in [-0.2, 0) is 4.79 Å². The van der Waals surface area contributed by atoms with E-state index in [1.165, 1.54) is 0 Å². The largest absolute Gasteiger partial charge is 0.493 e. The number of benzene rings is 1. The summed E-state index contributed by atoms with van der Waals surface area (Å²) in [6.45, 7) is 0.893. The van der Waals surface area contributed by atoms with Gasteiger partial charge in [0.05, 0.1) is 27.4 Å². The summed E-state index contributed by atoms with van der Waals surface area (Å²) >= 11 is 0. The summed E-state index contributed by atoms with van der Waals surface area (Å²) in [5.74, 6) is 1.10. The Morgan fingerprint density at radius 2 is 2.05 bits per heavy atom. The normalized spacial score (nSPS) is 14.1. The Morgan fingerprint density at radius 3 is 2.62 bits per heavy atom. The first kappa shape index (κ1) is 15.6. The van der Waals surface area contributed by atoms with Crippen LogP contribution >= 0.6 is 0 Å². The van der Waals surface area contributed by atoms with E-state index in [2.05, 4.69) is 5.32 Å². The maximum atomic E-state index is 12.1. The summed E-state index contributed by atoms with van der Waals surface area (Å²) in [4.78, 5) is 14.1. The standard InChI is InChI=1S/C15H22N2O4/c1-20-13-6-3-11(9-14(13)21-2)16-15(19)10-17(7-8-18)12-4-5-12/h3,6,9,12,18H,4-5,7-8,10H2,1-2H3,(H,16,19). The fourth-order valence-corrected chi connectivity index (χ4v) is 2.26. The molecule has 1 aromatic rings. The van der Waals surface area contributed by atoms with Crippen LogP contribution in [0.2, 0.25) is 0 Å². The monoisotopic (exact) mass is 294 g/mol. The van der Waals surface area contributed by atoms with Crippen LogP contribution in [0.3, 0.4) is 0 Å². The number of ether oxygens (including phenoxy) is 2. The predicted molar refractivity (Wildman–Crippen MR) is 79.9 cm³/mol. The van der Waals surface area contributed by atoms with Crippen LogP contribution in [0.15, 0.2) is 18.2 Å². The van der Waals surface area contributed by atoms with Crippen molar-refractivity contribution in [2.75, 3.05) is 39.2 Å². The van der Waals surface area contributed by atoms with Gasteiger partial charge in [-0.2, -0.15) is 0 Å². The Hall–Kier alpha value is -1.79. The van der Waals surface area contributed by atoms with E-state index in [1.54, 1.807) is 32.4 Å². The van der Waals surface area contributed by atoms with Crippen molar-refractivity contribution < 1.29 is 19.4 Å². The van der Waals surface area contributed by atoms with Crippen molar-refractivity contribution in [3.63, 3.8) is 0 Å². The van der Waals surface area contributed by atoms with E-state index < -0.39 is 0 Å². The molecule has 116 valence electrons. The lowest BCUT2D eigenvalue weighted by Crippen LogP contribution is -2.36. The Labute approximate surface area is 124 Å². The Bertz CT molecular complexity index is 489. The first-order valence-electron chi connectivity index (χ1n) is 7.04. The Morgan fingerprint density at radius 1 is 1.33 bits per heavy atom. The summed E-state index contributed by atoms with van der Waals surface area (Å²) in [5, 5.41) is 11.9. The molecule has 6 heteroatoms. The first-order valence-corrected chi connectivity index (χ1v) is 7.04. The topological polar surface area (TPSA) is 71.0 Å². The van der Waals surface area contributed by atoms with Crippen molar-refractivity contribution in [3.05, 3.63) is 18.2 Å². The Balaban J connectivity index is 1.95. The smallest absolute Gasteiger partial charge is 0.238 e. The maximum absolute atomic E-state index is 12.1. The number of nitrogens with zero attached hydrogens (tertiary/aromatic N) is 1. The second-order valence-electron chi connectivity index (χ2n) is 5.04. The molecule has 0 spiro atoms. The number of nitrogens with one attached hydrogen (secondary N) is 1. The molecule has 2 rings (SSSR count). The third kappa shape index (κ3) is 4.34. The van der Waals surface area contributed by atoms with Gasteiger partial charge in [0, 0.05) is 24.3 Å². The lowest BCUT2D eigenvalue weighted by atomic mass is 10.2. The van der Waals surface area contributed by atoms with Crippen molar-refractivity contribution in [2.24, 2.45) is 0 Å². The number of hydrogen-bond acceptors (Lipinski definition) is 5. The van der Waals surface area contributed by atoms with Crippen molar-refractivity contribution >= 4 is 11.6 Å². The van der Waals surface area contributed by atoms with Crippen molar-refractivity contribution in [2.45, 2.75) is 18.9 Å². The molecule has 1 aliphatic rings. The second-order valence-corrected chi connectivity index (χ2v) is 5.04. The molecule has 1 aliphatic carbocycles. The number of carbonyl (C=O) groups excluding carboxylic acids is 1. The fraction of sp³-hybridized carbons (Fsp3) is 0.533. The van der Waals surface area contributed by atoms with Gasteiger partial charge in [0.2, 0.25) is 5.91 Å². The van der Waals surface area contributed by atoms with Crippen LogP contribution < -0.4 is 14.8 Å². The molecule has 1 amide bonds. The number of hydrogen-bond donors (Lipinski definition) is 2. The molecule has 0 saturated heterocycles. The maximum Gasteiger partial charge on any atom is 0.238 e. The number of carbonyl (C=O) groups is 1. The molecule has 6 nitrogen and oxygen atoms in total. The van der Waals surface area contributed by atoms with E-state index in [4.69, 9.17) is 14.6 Å². The summed E-state index contributed by atoms with van der Waals surface area (Å²) in [5.41, 5.74) is 0.664. The molecule has 0 unspecified atom stereocenters. The molecule has 1 saturated carbocycles. The minimum absolute atomic E-state index is 0.0696. The number of methoxy groups -OCH3 is 2. The highest BCUT2D eigenvalue weighted by Crippen LogP contribution is 2.30. The zero-order chi connectivity index (χ0) is 15.2. The van der Waals surface area contributed by atoms with E-state index in [-0.39, 0.29) is 12.5 Å². The minimum atomic E-state index is -0.0948. The van der Waals surface area contributed by atoms with E-state index in [0.29, 0.717) is 36.3 Å². The van der Waals surface area contributed by atoms with Crippen molar-refractivity contribution in [3.8, 4) is 11.5 Å². The van der Waals surface area contributed by atoms with Crippen LogP contribution in [0.5, 0.6) is 11.5 Å². The molecule has 0 aromatic heterocycles. The van der Waals surface area contributed by atoms with E-state index in [9.17, 15) is 4.79 Å². The highest BCUT2D eigenvalue weighted by molar-refractivity contribution is 5.92. The van der Waals surface area contributed by atoms with Gasteiger partial charge in [-0.25, -0.2) is 0 Å². The van der Waals surface area contributed by atoms with Crippen molar-refractivity contribution in [1.82, 2.24) is 4.90 Å². The second kappa shape index (κ2) is 7.28. The number of rotatable bonds is 8. The third-order valence-electron chi connectivity index (χ3n) is 3.46. The molecule has 21 heavy (non-hydrogen) atoms. The molecular weight excluding hydrogens is 272 g/mol. The number of amides is 1. The molecular formula is C15H22N2O4. The number of aliphatic hydroxyl groups excluding tert-OH is 1. The Kier molecular flexibility index (Phi) is 5.41. The molecule has 0 heterocycles. The highest BCUT2D eigenvalue weighted by Gasteiger charge is 2.29. The molecule has 0 bridgehead atoms. The van der Waals surface area contributed by atoms with Gasteiger partial charge in [-0.3, -0.25) is 9.69 Å². The summed E-state index contributed by atoms with van der Waals surface area (Å²) < 4.78 is 10.4. The highest BCUT2D eigenvalue weighted by atomic mass is 16.5. The van der Waals surface area contributed by atoms with E-state index in [1.807, 2.05) is 4.90 Å². The number of anilines is 1. The zero-order valence-corrected chi connectivity index (χ0v) is 12.5. The van der Waals surface area contributed by atoms with Crippen molar-refractivity contribution in [1.29, 1.82) is 0 Å². The van der Waals surface area contributed by atoms with Crippen LogP contribution in [0, 0.1) is 0 Å². The van der Waals surface area contributed by atoms with E-state index >= 15 is 0 Å². The van der Waals surface area contributed by atoms with Crippen LogP contribution in [0.1, 0.15) is 12.8 Å². The summed E-state index contributed by atoms with van der Waals surface area (Å²) in [6, 6.07) is 5.69. The first-order chi connectivity index (χ1) is 10.2. The minimum Gasteiger partial charge on any atom is -0.493 e. The van der Waals surface area contributed by atoms with Gasteiger partial charge in [-0.05, 0) is 25.0 Å². The quantitative estimate of drug-likeness (QED) is 0.751. The lowest BCUT2D eigenvalue weighted by Gasteiger charge is -2.20. The average Bonchev–Trinajstić information content (AvgIpc) is 3.31. The van der Waals surface area contributed by atoms with Gasteiger partial charge in [0.25, 0.3) is 0 Å².